The Morgan fingerprint density at radius 3 is 2.84 bits per heavy atom. The minimum Gasteiger partial charge on any atom is -0.460 e. The fourth-order valence-corrected chi connectivity index (χ4v) is 2.29. The molecule has 6 heteroatoms. The van der Waals surface area contributed by atoms with Crippen molar-refractivity contribution in [3.05, 3.63) is 33.8 Å². The van der Waals surface area contributed by atoms with E-state index in [9.17, 15) is 9.59 Å². The van der Waals surface area contributed by atoms with Gasteiger partial charge in [-0.2, -0.15) is 0 Å². The molecule has 0 saturated carbocycles. The van der Waals surface area contributed by atoms with E-state index >= 15 is 0 Å². The van der Waals surface area contributed by atoms with E-state index in [1.54, 1.807) is 17.0 Å². The molecule has 4 nitrogen and oxygen atoms in total. The number of ether oxygens (including phenoxy) is 1. The topological polar surface area (TPSA) is 46.6 Å². The zero-order valence-electron chi connectivity index (χ0n) is 10.2. The van der Waals surface area contributed by atoms with Gasteiger partial charge < -0.3 is 9.64 Å². The zero-order valence-corrected chi connectivity index (χ0v) is 11.7. The summed E-state index contributed by atoms with van der Waals surface area (Å²) in [6.07, 6.45) is 1.45. The van der Waals surface area contributed by atoms with Crippen molar-refractivity contribution in [2.75, 3.05) is 19.7 Å². The molecule has 1 saturated heterocycles. The smallest absolute Gasteiger partial charge is 0.339 e. The number of nitrogens with zero attached hydrogens (tertiary/aromatic N) is 1. The van der Waals surface area contributed by atoms with Crippen molar-refractivity contribution < 1.29 is 14.3 Å². The fourth-order valence-electron chi connectivity index (χ4n) is 1.92. The van der Waals surface area contributed by atoms with Gasteiger partial charge in [0.1, 0.15) is 6.61 Å². The van der Waals surface area contributed by atoms with E-state index in [1.165, 1.54) is 6.07 Å². The van der Waals surface area contributed by atoms with Gasteiger partial charge in [0, 0.05) is 18.0 Å². The lowest BCUT2D eigenvalue weighted by molar-refractivity contribution is -0.128. The lowest BCUT2D eigenvalue weighted by Crippen LogP contribution is -2.29. The lowest BCUT2D eigenvalue weighted by atomic mass is 10.2. The standard InChI is InChI=1S/C13H13Cl2NO3/c14-9-3-4-11(15)10(8-9)13(18)19-7-6-16-5-1-2-12(16)17/h3-4,8H,1-2,5-7H2. The van der Waals surface area contributed by atoms with Gasteiger partial charge in [0.25, 0.3) is 0 Å². The van der Waals surface area contributed by atoms with Crippen LogP contribution in [0.4, 0.5) is 0 Å². The highest BCUT2D eigenvalue weighted by atomic mass is 35.5. The van der Waals surface area contributed by atoms with E-state index < -0.39 is 5.97 Å². The molecule has 1 aliphatic heterocycles. The van der Waals surface area contributed by atoms with Gasteiger partial charge in [-0.05, 0) is 24.6 Å². The molecule has 0 aliphatic carbocycles. The van der Waals surface area contributed by atoms with Gasteiger partial charge in [0.05, 0.1) is 17.1 Å². The molecule has 1 aliphatic rings. The Balaban J connectivity index is 1.87. The average Bonchev–Trinajstić information content (AvgIpc) is 2.78. The van der Waals surface area contributed by atoms with Crippen LogP contribution in [0.3, 0.4) is 0 Å². The molecule has 102 valence electrons. The highest BCUT2D eigenvalue weighted by Gasteiger charge is 2.20. The molecule has 1 aromatic rings. The second kappa shape index (κ2) is 6.26. The maximum atomic E-state index is 11.8. The number of carbonyl (C=O) groups excluding carboxylic acids is 2. The van der Waals surface area contributed by atoms with Crippen LogP contribution in [0.25, 0.3) is 0 Å². The van der Waals surface area contributed by atoms with Crippen molar-refractivity contribution in [1.29, 1.82) is 0 Å². The van der Waals surface area contributed by atoms with E-state index in [4.69, 9.17) is 27.9 Å². The molecule has 1 aromatic carbocycles. The first-order chi connectivity index (χ1) is 9.08. The number of carbonyl (C=O) groups is 2. The molecule has 1 fully saturated rings. The van der Waals surface area contributed by atoms with E-state index in [0.29, 0.717) is 23.0 Å². The summed E-state index contributed by atoms with van der Waals surface area (Å²) in [5, 5.41) is 0.720. The highest BCUT2D eigenvalue weighted by molar-refractivity contribution is 6.35. The van der Waals surface area contributed by atoms with Crippen LogP contribution in [0.15, 0.2) is 18.2 Å². The second-order valence-corrected chi connectivity index (χ2v) is 5.09. The highest BCUT2D eigenvalue weighted by Crippen LogP contribution is 2.21. The number of amides is 1. The summed E-state index contributed by atoms with van der Waals surface area (Å²) in [5.41, 5.74) is 0.238. The number of rotatable bonds is 4. The third-order valence-electron chi connectivity index (χ3n) is 2.91. The Morgan fingerprint density at radius 2 is 2.16 bits per heavy atom. The quantitative estimate of drug-likeness (QED) is 0.803. The number of likely N-dealkylation sites (tertiary alicyclic amines) is 1. The van der Waals surface area contributed by atoms with E-state index in [1.807, 2.05) is 0 Å². The van der Waals surface area contributed by atoms with Crippen molar-refractivity contribution in [2.45, 2.75) is 12.8 Å². The number of hydrogen-bond donors (Lipinski definition) is 0. The molecule has 0 aromatic heterocycles. The van der Waals surface area contributed by atoms with Crippen LogP contribution in [0.2, 0.25) is 10.0 Å². The van der Waals surface area contributed by atoms with Gasteiger partial charge in [0.15, 0.2) is 0 Å². The third-order valence-corrected chi connectivity index (χ3v) is 3.48. The number of halogens is 2. The summed E-state index contributed by atoms with van der Waals surface area (Å²) in [6.45, 7) is 1.31. The van der Waals surface area contributed by atoms with E-state index in [2.05, 4.69) is 0 Å². The molecule has 0 N–H and O–H groups in total. The fraction of sp³-hybridized carbons (Fsp3) is 0.385. The lowest BCUT2D eigenvalue weighted by Gasteiger charge is -2.15. The van der Waals surface area contributed by atoms with Gasteiger partial charge in [-0.1, -0.05) is 23.2 Å². The molecular formula is C13H13Cl2NO3. The van der Waals surface area contributed by atoms with Crippen LogP contribution >= 0.6 is 23.2 Å². The maximum absolute atomic E-state index is 11.8. The van der Waals surface area contributed by atoms with Gasteiger partial charge in [-0.3, -0.25) is 4.79 Å². The summed E-state index contributed by atoms with van der Waals surface area (Å²) in [5.74, 6) is -0.420. The Labute approximate surface area is 121 Å². The summed E-state index contributed by atoms with van der Waals surface area (Å²) in [7, 11) is 0. The van der Waals surface area contributed by atoms with Crippen LogP contribution in [-0.4, -0.2) is 36.5 Å². The van der Waals surface area contributed by atoms with Crippen LogP contribution in [-0.2, 0) is 9.53 Å². The van der Waals surface area contributed by atoms with Gasteiger partial charge >= 0.3 is 5.97 Å². The normalized spacial score (nSPS) is 14.8. The first kappa shape index (κ1) is 14.2. The third kappa shape index (κ3) is 3.61. The number of hydrogen-bond acceptors (Lipinski definition) is 3. The predicted octanol–water partition coefficient (Wildman–Crippen LogP) is 2.77. The summed E-state index contributed by atoms with van der Waals surface area (Å²) < 4.78 is 5.10. The molecule has 2 rings (SSSR count). The first-order valence-electron chi connectivity index (χ1n) is 5.98. The minimum atomic E-state index is -0.529. The maximum Gasteiger partial charge on any atom is 0.339 e. The number of esters is 1. The Morgan fingerprint density at radius 1 is 1.37 bits per heavy atom. The largest absolute Gasteiger partial charge is 0.460 e. The van der Waals surface area contributed by atoms with Crippen molar-refractivity contribution >= 4 is 35.1 Å². The van der Waals surface area contributed by atoms with Crippen molar-refractivity contribution in [2.24, 2.45) is 0 Å². The van der Waals surface area contributed by atoms with Crippen LogP contribution in [0.1, 0.15) is 23.2 Å². The molecular weight excluding hydrogens is 289 g/mol. The van der Waals surface area contributed by atoms with Gasteiger partial charge in [-0.25, -0.2) is 4.79 Å². The summed E-state index contributed by atoms with van der Waals surface area (Å²) >= 11 is 11.7. The SMILES string of the molecule is O=C(OCCN1CCCC1=O)c1cc(Cl)ccc1Cl. The van der Waals surface area contributed by atoms with Crippen LogP contribution in [0, 0.1) is 0 Å². The first-order valence-corrected chi connectivity index (χ1v) is 6.73. The zero-order chi connectivity index (χ0) is 13.8. The predicted molar refractivity (Wildman–Crippen MR) is 72.6 cm³/mol. The summed E-state index contributed by atoms with van der Waals surface area (Å²) in [6, 6.07) is 4.61. The molecule has 0 unspecified atom stereocenters. The molecule has 0 radical (unpaired) electrons. The second-order valence-electron chi connectivity index (χ2n) is 4.24. The van der Waals surface area contributed by atoms with Gasteiger partial charge in [0.2, 0.25) is 5.91 Å². The van der Waals surface area contributed by atoms with Crippen molar-refractivity contribution in [3.63, 3.8) is 0 Å². The van der Waals surface area contributed by atoms with E-state index in [-0.39, 0.29) is 18.1 Å². The Kier molecular flexibility index (Phi) is 4.66. The Hall–Kier alpha value is -1.26. The van der Waals surface area contributed by atoms with Gasteiger partial charge in [-0.15, -0.1) is 0 Å². The molecule has 0 atom stereocenters. The Bertz CT molecular complexity index is 505. The minimum absolute atomic E-state index is 0.108. The molecule has 0 spiro atoms. The van der Waals surface area contributed by atoms with Crippen LogP contribution in [0.5, 0.6) is 0 Å². The van der Waals surface area contributed by atoms with Crippen molar-refractivity contribution in [1.82, 2.24) is 4.90 Å². The number of benzene rings is 1. The summed E-state index contributed by atoms with van der Waals surface area (Å²) in [4.78, 5) is 24.9. The molecule has 19 heavy (non-hydrogen) atoms. The molecule has 0 bridgehead atoms. The molecule has 1 heterocycles. The average molecular weight is 302 g/mol. The van der Waals surface area contributed by atoms with E-state index in [0.717, 1.165) is 13.0 Å². The monoisotopic (exact) mass is 301 g/mol. The molecule has 1 amide bonds. The van der Waals surface area contributed by atoms with Crippen molar-refractivity contribution in [3.8, 4) is 0 Å². The van der Waals surface area contributed by atoms with Crippen LogP contribution < -0.4 is 0 Å².